The summed E-state index contributed by atoms with van der Waals surface area (Å²) in [5.41, 5.74) is 3.53. The number of hydrogen-bond acceptors (Lipinski definition) is 0. The average molecular weight is 180 g/mol. The summed E-state index contributed by atoms with van der Waals surface area (Å²) in [5, 5.41) is 0. The van der Waals surface area contributed by atoms with Crippen molar-refractivity contribution in [1.82, 2.24) is 0 Å². The molecule has 4 saturated carbocycles. The van der Waals surface area contributed by atoms with Gasteiger partial charge in [0, 0.05) is 0 Å². The van der Waals surface area contributed by atoms with Crippen LogP contribution in [0.1, 0.15) is 23.0 Å². The van der Waals surface area contributed by atoms with Crippen LogP contribution < -0.4 is 0 Å². The first-order chi connectivity index (χ1) is 6.98. The van der Waals surface area contributed by atoms with E-state index in [0.717, 1.165) is 35.5 Å². The van der Waals surface area contributed by atoms with Crippen molar-refractivity contribution >= 4 is 0 Å². The van der Waals surface area contributed by atoms with Crippen LogP contribution in [0.25, 0.3) is 0 Å². The van der Waals surface area contributed by atoms with Gasteiger partial charge in [0.2, 0.25) is 0 Å². The summed E-state index contributed by atoms with van der Waals surface area (Å²) in [6, 6.07) is 9.36. The second-order valence-electron chi connectivity index (χ2n) is 6.14. The van der Waals surface area contributed by atoms with Crippen LogP contribution >= 0.6 is 0 Å². The molecule has 8 atom stereocenters. The second-order valence-corrected chi connectivity index (χ2v) is 6.14. The number of rotatable bonds is 0. The van der Waals surface area contributed by atoms with Gasteiger partial charge in [-0.3, -0.25) is 0 Å². The van der Waals surface area contributed by atoms with Crippen molar-refractivity contribution in [1.29, 1.82) is 0 Å². The molecule has 6 aliphatic carbocycles. The molecule has 68 valence electrons. The van der Waals surface area contributed by atoms with Gasteiger partial charge in [-0.2, -0.15) is 0 Å². The predicted molar refractivity (Wildman–Crippen MR) is 52.9 cm³/mol. The van der Waals surface area contributed by atoms with Crippen molar-refractivity contribution in [3.63, 3.8) is 0 Å². The van der Waals surface area contributed by atoms with Gasteiger partial charge >= 0.3 is 0 Å². The van der Waals surface area contributed by atoms with E-state index in [9.17, 15) is 0 Å². The lowest BCUT2D eigenvalue weighted by Gasteiger charge is -2.37. The average Bonchev–Trinajstić information content (AvgIpc) is 3.06. The molecule has 14 heavy (non-hydrogen) atoms. The van der Waals surface area contributed by atoms with Crippen LogP contribution in [0, 0.1) is 35.5 Å². The first kappa shape index (κ1) is 5.95. The topological polar surface area (TPSA) is 0 Å². The molecule has 4 fully saturated rings. The quantitative estimate of drug-likeness (QED) is 0.575. The molecule has 0 aromatic heterocycles. The van der Waals surface area contributed by atoms with Gasteiger partial charge < -0.3 is 0 Å². The van der Waals surface area contributed by atoms with Crippen LogP contribution in [0.15, 0.2) is 24.3 Å². The van der Waals surface area contributed by atoms with Crippen molar-refractivity contribution in [2.24, 2.45) is 35.5 Å². The minimum Gasteiger partial charge on any atom is -0.0620 e. The third kappa shape index (κ3) is 0.346. The second kappa shape index (κ2) is 1.39. The first-order valence-electron chi connectivity index (χ1n) is 6.07. The van der Waals surface area contributed by atoms with Gasteiger partial charge in [0.05, 0.1) is 0 Å². The van der Waals surface area contributed by atoms with Crippen LogP contribution in [0.5, 0.6) is 0 Å². The Morgan fingerprint density at radius 1 is 0.571 bits per heavy atom. The highest BCUT2D eigenvalue weighted by atomic mass is 14.9. The van der Waals surface area contributed by atoms with Crippen LogP contribution in [0.3, 0.4) is 0 Å². The van der Waals surface area contributed by atoms with E-state index in [0.29, 0.717) is 0 Å². The molecule has 2 bridgehead atoms. The SMILES string of the molecule is c1ccc2c(c1)C1[C@@H]3C4C5[C@H]1[C@H]5C2[C@@H]43. The Hall–Kier alpha value is -0.780. The van der Waals surface area contributed by atoms with E-state index < -0.39 is 0 Å². The molecule has 4 unspecified atom stereocenters. The maximum Gasteiger partial charge on any atom is -0.00908 e. The molecule has 6 aliphatic rings. The van der Waals surface area contributed by atoms with E-state index in [1.54, 1.807) is 11.1 Å². The molecule has 1 aromatic rings. The molecule has 0 heteroatoms. The van der Waals surface area contributed by atoms with Gasteiger partial charge in [0.1, 0.15) is 0 Å². The molecule has 0 heterocycles. The Bertz CT molecular complexity index is 424. The van der Waals surface area contributed by atoms with Gasteiger partial charge in [0.15, 0.2) is 0 Å². The zero-order valence-corrected chi connectivity index (χ0v) is 7.93. The fourth-order valence-electron chi connectivity index (χ4n) is 6.17. The van der Waals surface area contributed by atoms with E-state index >= 15 is 0 Å². The molecule has 0 aliphatic heterocycles. The van der Waals surface area contributed by atoms with E-state index in [1.807, 2.05) is 0 Å². The molecule has 0 N–H and O–H groups in total. The fraction of sp³-hybridized carbons (Fsp3) is 0.571. The van der Waals surface area contributed by atoms with Gasteiger partial charge in [-0.1, -0.05) is 24.3 Å². The monoisotopic (exact) mass is 180 g/mol. The molecule has 0 radical (unpaired) electrons. The van der Waals surface area contributed by atoms with Gasteiger partial charge in [-0.05, 0) is 58.5 Å². The van der Waals surface area contributed by atoms with Crippen LogP contribution in [-0.2, 0) is 0 Å². The highest BCUT2D eigenvalue weighted by molar-refractivity contribution is 5.55. The zero-order chi connectivity index (χ0) is 8.60. The lowest BCUT2D eigenvalue weighted by molar-refractivity contribution is 0.320. The van der Waals surface area contributed by atoms with Crippen molar-refractivity contribution in [2.45, 2.75) is 11.8 Å². The van der Waals surface area contributed by atoms with Crippen molar-refractivity contribution in [2.75, 3.05) is 0 Å². The van der Waals surface area contributed by atoms with Gasteiger partial charge in [0.25, 0.3) is 0 Å². The smallest absolute Gasteiger partial charge is 0.00908 e. The van der Waals surface area contributed by atoms with Crippen molar-refractivity contribution < 1.29 is 0 Å². The highest BCUT2D eigenvalue weighted by Gasteiger charge is 2.88. The molecular weight excluding hydrogens is 168 g/mol. The maximum atomic E-state index is 2.43. The third-order valence-corrected chi connectivity index (χ3v) is 6.20. The number of hydrogen-bond donors (Lipinski definition) is 0. The molecule has 0 amide bonds. The lowest BCUT2D eigenvalue weighted by atomic mass is 9.67. The summed E-state index contributed by atoms with van der Waals surface area (Å²) >= 11 is 0. The maximum absolute atomic E-state index is 2.43. The van der Waals surface area contributed by atoms with E-state index in [2.05, 4.69) is 24.3 Å². The molecule has 0 spiro atoms. The van der Waals surface area contributed by atoms with Gasteiger partial charge in [-0.25, -0.2) is 0 Å². The molecule has 7 rings (SSSR count). The molecule has 1 aromatic carbocycles. The third-order valence-electron chi connectivity index (χ3n) is 6.20. The molecular formula is C14H12. The zero-order valence-electron chi connectivity index (χ0n) is 7.93. The standard InChI is InChI=1S/C14H12/c1-2-4-6-5(3-1)7-9-11-8(6)12-10(7)14(12)13(9)11/h1-4,7-14H/t7?,8?,9-,10-,11-,12+,13?,14?/m1/s1. The van der Waals surface area contributed by atoms with Crippen LogP contribution in [0.4, 0.5) is 0 Å². The Morgan fingerprint density at radius 2 is 1.00 bits per heavy atom. The summed E-state index contributed by atoms with van der Waals surface area (Å²) in [7, 11) is 0. The van der Waals surface area contributed by atoms with Crippen LogP contribution in [0.2, 0.25) is 0 Å². The van der Waals surface area contributed by atoms with Crippen molar-refractivity contribution in [3.8, 4) is 0 Å². The minimum atomic E-state index is 1.03. The normalized spacial score (nSPS) is 66.6. The Morgan fingerprint density at radius 3 is 1.43 bits per heavy atom. The molecule has 0 nitrogen and oxygen atoms in total. The minimum absolute atomic E-state index is 1.03. The Kier molecular flexibility index (Phi) is 0.592. The van der Waals surface area contributed by atoms with E-state index in [1.165, 1.54) is 11.8 Å². The Labute approximate surface area is 83.3 Å². The lowest BCUT2D eigenvalue weighted by Crippen LogP contribution is -2.26. The van der Waals surface area contributed by atoms with E-state index in [-0.39, 0.29) is 0 Å². The summed E-state index contributed by atoms with van der Waals surface area (Å²) in [5.74, 6) is 9.11. The fourth-order valence-corrected chi connectivity index (χ4v) is 6.17. The van der Waals surface area contributed by atoms with Crippen LogP contribution in [-0.4, -0.2) is 0 Å². The number of benzene rings is 1. The largest absolute Gasteiger partial charge is 0.0620 e. The Balaban J connectivity index is 1.80. The summed E-state index contributed by atoms with van der Waals surface area (Å²) in [6.07, 6.45) is 0. The summed E-state index contributed by atoms with van der Waals surface area (Å²) in [4.78, 5) is 0. The summed E-state index contributed by atoms with van der Waals surface area (Å²) < 4.78 is 0. The first-order valence-corrected chi connectivity index (χ1v) is 6.07. The highest BCUT2D eigenvalue weighted by Crippen LogP contribution is 2.94. The summed E-state index contributed by atoms with van der Waals surface area (Å²) in [6.45, 7) is 0. The predicted octanol–water partition coefficient (Wildman–Crippen LogP) is 2.62. The molecule has 0 saturated heterocycles. The van der Waals surface area contributed by atoms with Crippen molar-refractivity contribution in [3.05, 3.63) is 35.4 Å². The van der Waals surface area contributed by atoms with Gasteiger partial charge in [-0.15, -0.1) is 0 Å². The van der Waals surface area contributed by atoms with E-state index in [4.69, 9.17) is 0 Å².